The normalized spacial score (nSPS) is 12.0. The summed E-state index contributed by atoms with van der Waals surface area (Å²) in [4.78, 5) is 20.9. The number of carbonyl (C=O) groups excluding carboxylic acids is 1. The lowest BCUT2D eigenvalue weighted by Crippen LogP contribution is -2.27. The molecule has 1 atom stereocenters. The van der Waals surface area contributed by atoms with Crippen molar-refractivity contribution in [1.29, 1.82) is 0 Å². The molecule has 1 heterocycles. The van der Waals surface area contributed by atoms with E-state index in [1.54, 1.807) is 0 Å². The van der Waals surface area contributed by atoms with E-state index in [1.165, 1.54) is 6.20 Å². The van der Waals surface area contributed by atoms with Crippen LogP contribution in [0.4, 0.5) is 0 Å². The molecule has 4 nitrogen and oxygen atoms in total. The first-order valence-electron chi connectivity index (χ1n) is 6.81. The van der Waals surface area contributed by atoms with E-state index in [2.05, 4.69) is 15.3 Å². The first-order valence-corrected chi connectivity index (χ1v) is 6.81. The molecule has 104 valence electrons. The SMILES string of the molecule is C[C@H](NC(=O)c1cnc2ccccc2n1)c1ccccc1. The van der Waals surface area contributed by atoms with Crippen molar-refractivity contribution in [1.82, 2.24) is 15.3 Å². The average Bonchev–Trinajstić information content (AvgIpc) is 2.55. The Bertz CT molecular complexity index is 771. The van der Waals surface area contributed by atoms with Crippen LogP contribution in [0.3, 0.4) is 0 Å². The summed E-state index contributed by atoms with van der Waals surface area (Å²) < 4.78 is 0. The molecule has 1 amide bonds. The summed E-state index contributed by atoms with van der Waals surface area (Å²) in [5, 5.41) is 2.94. The summed E-state index contributed by atoms with van der Waals surface area (Å²) >= 11 is 0. The number of rotatable bonds is 3. The van der Waals surface area contributed by atoms with Crippen LogP contribution in [-0.2, 0) is 0 Å². The second kappa shape index (κ2) is 5.71. The molecule has 1 N–H and O–H groups in total. The largest absolute Gasteiger partial charge is 0.344 e. The van der Waals surface area contributed by atoms with E-state index in [4.69, 9.17) is 0 Å². The maximum atomic E-state index is 12.3. The molecule has 3 rings (SSSR count). The van der Waals surface area contributed by atoms with Gasteiger partial charge in [-0.25, -0.2) is 4.98 Å². The van der Waals surface area contributed by atoms with E-state index in [1.807, 2.05) is 61.5 Å². The third-order valence-corrected chi connectivity index (χ3v) is 3.33. The van der Waals surface area contributed by atoms with Crippen LogP contribution in [0.1, 0.15) is 29.0 Å². The number of hydrogen-bond acceptors (Lipinski definition) is 3. The van der Waals surface area contributed by atoms with Crippen molar-refractivity contribution in [2.45, 2.75) is 13.0 Å². The van der Waals surface area contributed by atoms with Crippen LogP contribution in [0, 0.1) is 0 Å². The molecule has 2 aromatic carbocycles. The van der Waals surface area contributed by atoms with E-state index >= 15 is 0 Å². The fraction of sp³-hybridized carbons (Fsp3) is 0.118. The van der Waals surface area contributed by atoms with Gasteiger partial charge in [0.15, 0.2) is 0 Å². The zero-order valence-corrected chi connectivity index (χ0v) is 11.7. The predicted octanol–water partition coefficient (Wildman–Crippen LogP) is 3.12. The summed E-state index contributed by atoms with van der Waals surface area (Å²) in [5.74, 6) is -0.218. The zero-order chi connectivity index (χ0) is 14.7. The number of nitrogens with zero attached hydrogens (tertiary/aromatic N) is 2. The molecular formula is C17H15N3O. The van der Waals surface area contributed by atoms with Gasteiger partial charge in [0.25, 0.3) is 5.91 Å². The van der Waals surface area contributed by atoms with Crippen LogP contribution in [-0.4, -0.2) is 15.9 Å². The number of fused-ring (bicyclic) bond motifs is 1. The van der Waals surface area contributed by atoms with Crippen LogP contribution in [0.15, 0.2) is 60.8 Å². The molecule has 0 aliphatic carbocycles. The number of nitrogens with one attached hydrogen (secondary N) is 1. The van der Waals surface area contributed by atoms with Crippen molar-refractivity contribution in [3.05, 3.63) is 72.1 Å². The molecule has 0 unspecified atom stereocenters. The number of hydrogen-bond donors (Lipinski definition) is 1. The third-order valence-electron chi connectivity index (χ3n) is 3.33. The van der Waals surface area contributed by atoms with Crippen molar-refractivity contribution in [3.63, 3.8) is 0 Å². The molecule has 0 bridgehead atoms. The van der Waals surface area contributed by atoms with Gasteiger partial charge in [-0.05, 0) is 24.6 Å². The van der Waals surface area contributed by atoms with E-state index < -0.39 is 0 Å². The van der Waals surface area contributed by atoms with Gasteiger partial charge in [-0.2, -0.15) is 0 Å². The molecule has 1 aromatic heterocycles. The van der Waals surface area contributed by atoms with E-state index in [0.717, 1.165) is 16.6 Å². The Balaban J connectivity index is 1.80. The minimum Gasteiger partial charge on any atom is -0.344 e. The van der Waals surface area contributed by atoms with Crippen LogP contribution in [0.5, 0.6) is 0 Å². The zero-order valence-electron chi connectivity index (χ0n) is 11.7. The molecule has 0 spiro atoms. The average molecular weight is 277 g/mol. The highest BCUT2D eigenvalue weighted by atomic mass is 16.1. The van der Waals surface area contributed by atoms with Gasteiger partial charge >= 0.3 is 0 Å². The summed E-state index contributed by atoms with van der Waals surface area (Å²) in [6.07, 6.45) is 1.51. The summed E-state index contributed by atoms with van der Waals surface area (Å²) in [6, 6.07) is 17.2. The molecule has 0 aliphatic rings. The second-order valence-corrected chi connectivity index (χ2v) is 4.85. The lowest BCUT2D eigenvalue weighted by molar-refractivity contribution is 0.0935. The Morgan fingerprint density at radius 2 is 1.67 bits per heavy atom. The van der Waals surface area contributed by atoms with Crippen molar-refractivity contribution in [2.24, 2.45) is 0 Å². The first kappa shape index (κ1) is 13.2. The van der Waals surface area contributed by atoms with Gasteiger partial charge in [0.2, 0.25) is 0 Å². The lowest BCUT2D eigenvalue weighted by Gasteiger charge is -2.13. The number of benzene rings is 2. The predicted molar refractivity (Wildman–Crippen MR) is 81.9 cm³/mol. The number of amides is 1. The maximum Gasteiger partial charge on any atom is 0.271 e. The molecule has 4 heteroatoms. The summed E-state index contributed by atoms with van der Waals surface area (Å²) in [6.45, 7) is 1.95. The molecule has 0 saturated heterocycles. The van der Waals surface area contributed by atoms with Crippen molar-refractivity contribution < 1.29 is 4.79 Å². The van der Waals surface area contributed by atoms with Gasteiger partial charge in [-0.15, -0.1) is 0 Å². The number of carbonyl (C=O) groups is 1. The minimum absolute atomic E-state index is 0.0769. The highest BCUT2D eigenvalue weighted by Gasteiger charge is 2.13. The van der Waals surface area contributed by atoms with Gasteiger partial charge < -0.3 is 5.32 Å². The van der Waals surface area contributed by atoms with Crippen LogP contribution in [0.25, 0.3) is 11.0 Å². The molecule has 3 aromatic rings. The number of para-hydroxylation sites is 2. The van der Waals surface area contributed by atoms with Crippen LogP contribution in [0.2, 0.25) is 0 Å². The van der Waals surface area contributed by atoms with E-state index in [0.29, 0.717) is 5.69 Å². The Kier molecular flexibility index (Phi) is 3.60. The molecule has 21 heavy (non-hydrogen) atoms. The van der Waals surface area contributed by atoms with Gasteiger partial charge in [0, 0.05) is 0 Å². The first-order chi connectivity index (χ1) is 10.2. The quantitative estimate of drug-likeness (QED) is 0.800. The number of aromatic nitrogens is 2. The van der Waals surface area contributed by atoms with Gasteiger partial charge in [0.05, 0.1) is 23.3 Å². The van der Waals surface area contributed by atoms with E-state index in [-0.39, 0.29) is 11.9 Å². The minimum atomic E-state index is -0.218. The van der Waals surface area contributed by atoms with Crippen LogP contribution >= 0.6 is 0 Å². The molecule has 0 saturated carbocycles. The fourth-order valence-electron chi connectivity index (χ4n) is 2.16. The summed E-state index contributed by atoms with van der Waals surface area (Å²) in [7, 11) is 0. The molecule has 0 fully saturated rings. The topological polar surface area (TPSA) is 54.9 Å². The van der Waals surface area contributed by atoms with Crippen molar-refractivity contribution >= 4 is 16.9 Å². The highest BCUT2D eigenvalue weighted by molar-refractivity contribution is 5.93. The van der Waals surface area contributed by atoms with Crippen molar-refractivity contribution in [3.8, 4) is 0 Å². The second-order valence-electron chi connectivity index (χ2n) is 4.85. The van der Waals surface area contributed by atoms with Gasteiger partial charge in [-0.3, -0.25) is 9.78 Å². The van der Waals surface area contributed by atoms with E-state index in [9.17, 15) is 4.79 Å². The molecular weight excluding hydrogens is 262 g/mol. The Hall–Kier alpha value is -2.75. The van der Waals surface area contributed by atoms with Gasteiger partial charge in [0.1, 0.15) is 5.69 Å². The van der Waals surface area contributed by atoms with Gasteiger partial charge in [-0.1, -0.05) is 42.5 Å². The Labute approximate surface area is 122 Å². The molecule has 0 aliphatic heterocycles. The highest BCUT2D eigenvalue weighted by Crippen LogP contribution is 2.13. The fourth-order valence-corrected chi connectivity index (χ4v) is 2.16. The molecule has 0 radical (unpaired) electrons. The van der Waals surface area contributed by atoms with Crippen LogP contribution < -0.4 is 5.32 Å². The third kappa shape index (κ3) is 2.89. The lowest BCUT2D eigenvalue weighted by atomic mass is 10.1. The Morgan fingerprint density at radius 1 is 1.00 bits per heavy atom. The smallest absolute Gasteiger partial charge is 0.271 e. The summed E-state index contributed by atoms with van der Waals surface area (Å²) in [5.41, 5.74) is 2.89. The maximum absolute atomic E-state index is 12.3. The van der Waals surface area contributed by atoms with Crippen molar-refractivity contribution in [2.75, 3.05) is 0 Å². The Morgan fingerprint density at radius 3 is 2.43 bits per heavy atom. The monoisotopic (exact) mass is 277 g/mol. The standard InChI is InChI=1S/C17H15N3O/c1-12(13-7-3-2-4-8-13)19-17(21)16-11-18-14-9-5-6-10-15(14)20-16/h2-12H,1H3,(H,19,21)/t12-/m0/s1.